The van der Waals surface area contributed by atoms with E-state index in [2.05, 4.69) is 20.7 Å². The average Bonchev–Trinajstić information content (AvgIpc) is 3.19. The highest BCUT2D eigenvalue weighted by Gasteiger charge is 2.26. The largest absolute Gasteiger partial charge is 0.438 e. The predicted molar refractivity (Wildman–Crippen MR) is 131 cm³/mol. The molecule has 0 unspecified atom stereocenters. The van der Waals surface area contributed by atoms with E-state index in [1.807, 2.05) is 44.5 Å². The van der Waals surface area contributed by atoms with Gasteiger partial charge in [0.25, 0.3) is 11.8 Å². The van der Waals surface area contributed by atoms with Gasteiger partial charge in [-0.3, -0.25) is 14.3 Å². The van der Waals surface area contributed by atoms with E-state index in [0.29, 0.717) is 17.0 Å². The first-order valence-corrected chi connectivity index (χ1v) is 12.5. The summed E-state index contributed by atoms with van der Waals surface area (Å²) in [7, 11) is 1.82. The molecule has 0 spiro atoms. The van der Waals surface area contributed by atoms with Crippen LogP contribution in [0.15, 0.2) is 53.6 Å². The fourth-order valence-electron chi connectivity index (χ4n) is 4.00. The first-order chi connectivity index (χ1) is 16.4. The van der Waals surface area contributed by atoms with Gasteiger partial charge in [-0.05, 0) is 75.3 Å². The number of hydrogen-bond acceptors (Lipinski definition) is 6. The summed E-state index contributed by atoms with van der Waals surface area (Å²) in [6, 6.07) is 13.0. The third-order valence-corrected chi connectivity index (χ3v) is 6.74. The summed E-state index contributed by atoms with van der Waals surface area (Å²) in [5, 5.41) is 10.4. The molecule has 2 heterocycles. The van der Waals surface area contributed by atoms with Gasteiger partial charge in [0.15, 0.2) is 0 Å². The van der Waals surface area contributed by atoms with Crippen LogP contribution in [0.25, 0.3) is 0 Å². The van der Waals surface area contributed by atoms with Crippen molar-refractivity contribution < 1.29 is 14.3 Å². The van der Waals surface area contributed by atoms with Gasteiger partial charge in [0, 0.05) is 35.9 Å². The van der Waals surface area contributed by atoms with Gasteiger partial charge in [-0.1, -0.05) is 6.07 Å². The Kier molecular flexibility index (Phi) is 7.52. The highest BCUT2D eigenvalue weighted by molar-refractivity contribution is 7.98. The number of carbonyl (C=O) groups excluding carboxylic acids is 2. The zero-order chi connectivity index (χ0) is 24.1. The third kappa shape index (κ3) is 5.77. The average molecular weight is 480 g/mol. The summed E-state index contributed by atoms with van der Waals surface area (Å²) in [5.74, 6) is 0.559. The van der Waals surface area contributed by atoms with Gasteiger partial charge < -0.3 is 15.4 Å². The minimum atomic E-state index is -0.208. The van der Waals surface area contributed by atoms with Gasteiger partial charge in [0.2, 0.25) is 5.88 Å². The van der Waals surface area contributed by atoms with Gasteiger partial charge in [-0.25, -0.2) is 4.98 Å². The van der Waals surface area contributed by atoms with Crippen LogP contribution in [-0.4, -0.2) is 44.9 Å². The van der Waals surface area contributed by atoms with Crippen molar-refractivity contribution in [3.05, 3.63) is 65.6 Å². The molecule has 4 rings (SSSR count). The van der Waals surface area contributed by atoms with Crippen molar-refractivity contribution in [1.29, 1.82) is 0 Å². The van der Waals surface area contributed by atoms with Crippen molar-refractivity contribution in [2.75, 3.05) is 6.26 Å². The van der Waals surface area contributed by atoms with Crippen LogP contribution in [0.2, 0.25) is 0 Å². The number of nitrogens with one attached hydrogen (secondary N) is 2. The van der Waals surface area contributed by atoms with Crippen LogP contribution < -0.4 is 15.4 Å². The van der Waals surface area contributed by atoms with Crippen molar-refractivity contribution >= 4 is 23.6 Å². The zero-order valence-electron chi connectivity index (χ0n) is 19.6. The normalized spacial score (nSPS) is 17.7. The molecule has 1 aromatic carbocycles. The Morgan fingerprint density at radius 1 is 1.03 bits per heavy atom. The van der Waals surface area contributed by atoms with Gasteiger partial charge >= 0.3 is 0 Å². The Hall–Kier alpha value is -3.33. The molecule has 0 bridgehead atoms. The summed E-state index contributed by atoms with van der Waals surface area (Å²) >= 11 is 1.62. The molecule has 2 amide bonds. The van der Waals surface area contributed by atoms with Crippen LogP contribution in [0.5, 0.6) is 11.6 Å². The second kappa shape index (κ2) is 10.7. The maximum absolute atomic E-state index is 13.0. The molecule has 178 valence electrons. The van der Waals surface area contributed by atoms with Crippen LogP contribution in [0, 0.1) is 6.92 Å². The molecular weight excluding hydrogens is 450 g/mol. The van der Waals surface area contributed by atoms with E-state index in [1.54, 1.807) is 40.8 Å². The fraction of sp³-hybridized carbons (Fsp3) is 0.360. The molecule has 2 aromatic heterocycles. The number of nitrogens with zero attached hydrogens (tertiary/aromatic N) is 3. The van der Waals surface area contributed by atoms with E-state index >= 15 is 0 Å². The van der Waals surface area contributed by atoms with Crippen LogP contribution in [0.3, 0.4) is 0 Å². The van der Waals surface area contributed by atoms with Crippen LogP contribution in [-0.2, 0) is 7.05 Å². The molecule has 1 fully saturated rings. The molecule has 9 heteroatoms. The Morgan fingerprint density at radius 3 is 2.38 bits per heavy atom. The summed E-state index contributed by atoms with van der Waals surface area (Å²) in [4.78, 5) is 30.8. The standard InChI is InChI=1S/C25H29N5O3S/c1-16-14-22(29-30(16)2)24(32)28-18-11-9-17(10-12-18)27-23(31)21-8-5-13-26-25(21)33-19-6-4-7-20(15-19)34-3/h4-8,13-15,17-18H,9-12H2,1-3H3,(H,27,31)(H,28,32)/t17-,18+. The van der Waals surface area contributed by atoms with E-state index in [4.69, 9.17) is 4.74 Å². The Bertz CT molecular complexity index is 1150. The van der Waals surface area contributed by atoms with E-state index in [9.17, 15) is 9.59 Å². The molecule has 34 heavy (non-hydrogen) atoms. The number of carbonyl (C=O) groups is 2. The predicted octanol–water partition coefficient (Wildman–Crippen LogP) is 4.11. The second-order valence-electron chi connectivity index (χ2n) is 8.43. The first kappa shape index (κ1) is 23.8. The fourth-order valence-corrected chi connectivity index (χ4v) is 4.45. The summed E-state index contributed by atoms with van der Waals surface area (Å²) in [6.45, 7) is 1.91. The summed E-state index contributed by atoms with van der Waals surface area (Å²) in [6.07, 6.45) is 6.76. The smallest absolute Gasteiger partial charge is 0.272 e. The molecule has 1 aliphatic carbocycles. The highest BCUT2D eigenvalue weighted by atomic mass is 32.2. The van der Waals surface area contributed by atoms with Gasteiger partial charge in [-0.2, -0.15) is 5.10 Å². The van der Waals surface area contributed by atoms with E-state index < -0.39 is 0 Å². The molecule has 3 aromatic rings. The Labute approximate surface area is 203 Å². The lowest BCUT2D eigenvalue weighted by Gasteiger charge is -2.29. The zero-order valence-corrected chi connectivity index (χ0v) is 20.4. The molecule has 1 aliphatic rings. The lowest BCUT2D eigenvalue weighted by atomic mass is 9.91. The molecule has 0 aliphatic heterocycles. The number of hydrogen-bond donors (Lipinski definition) is 2. The van der Waals surface area contributed by atoms with Gasteiger partial charge in [-0.15, -0.1) is 11.8 Å². The van der Waals surface area contributed by atoms with Crippen LogP contribution >= 0.6 is 11.8 Å². The lowest BCUT2D eigenvalue weighted by Crippen LogP contribution is -2.44. The Morgan fingerprint density at radius 2 is 1.74 bits per heavy atom. The highest BCUT2D eigenvalue weighted by Crippen LogP contribution is 2.27. The maximum atomic E-state index is 13.0. The van der Waals surface area contributed by atoms with Crippen molar-refractivity contribution in [3.8, 4) is 11.6 Å². The van der Waals surface area contributed by atoms with Gasteiger partial charge in [0.1, 0.15) is 17.0 Å². The number of thioether (sulfide) groups is 1. The van der Waals surface area contributed by atoms with Crippen molar-refractivity contribution in [2.24, 2.45) is 7.05 Å². The quantitative estimate of drug-likeness (QED) is 0.495. The Balaban J connectivity index is 1.32. The van der Waals surface area contributed by atoms with Crippen LogP contribution in [0.4, 0.5) is 0 Å². The van der Waals surface area contributed by atoms with Crippen molar-refractivity contribution in [1.82, 2.24) is 25.4 Å². The molecule has 2 N–H and O–H groups in total. The number of rotatable bonds is 7. The minimum absolute atomic E-state index is 0.0330. The molecular formula is C25H29N5O3S. The molecule has 1 saturated carbocycles. The second-order valence-corrected chi connectivity index (χ2v) is 9.31. The first-order valence-electron chi connectivity index (χ1n) is 11.3. The number of ether oxygens (including phenoxy) is 1. The molecule has 0 atom stereocenters. The third-order valence-electron chi connectivity index (χ3n) is 6.02. The van der Waals surface area contributed by atoms with E-state index in [-0.39, 0.29) is 29.8 Å². The van der Waals surface area contributed by atoms with E-state index in [1.165, 1.54) is 0 Å². The van der Waals surface area contributed by atoms with Crippen LogP contribution in [0.1, 0.15) is 52.2 Å². The van der Waals surface area contributed by atoms with Crippen molar-refractivity contribution in [3.63, 3.8) is 0 Å². The lowest BCUT2D eigenvalue weighted by molar-refractivity contribution is 0.0887. The maximum Gasteiger partial charge on any atom is 0.272 e. The number of aromatic nitrogens is 3. The molecule has 8 nitrogen and oxygen atoms in total. The topological polar surface area (TPSA) is 98.1 Å². The summed E-state index contributed by atoms with van der Waals surface area (Å²) in [5.41, 5.74) is 1.77. The minimum Gasteiger partial charge on any atom is -0.438 e. The number of aryl methyl sites for hydroxylation is 2. The number of pyridine rings is 1. The van der Waals surface area contributed by atoms with Gasteiger partial charge in [0.05, 0.1) is 0 Å². The molecule has 0 saturated heterocycles. The SMILES string of the molecule is CSc1cccc(Oc2ncccc2C(=O)N[C@H]2CC[C@@H](NC(=O)c3cc(C)n(C)n3)CC2)c1. The van der Waals surface area contributed by atoms with Crippen molar-refractivity contribution in [2.45, 2.75) is 49.6 Å². The monoisotopic (exact) mass is 479 g/mol. The number of amides is 2. The summed E-state index contributed by atoms with van der Waals surface area (Å²) < 4.78 is 7.63. The number of benzene rings is 1. The molecule has 0 radical (unpaired) electrons. The van der Waals surface area contributed by atoms with E-state index in [0.717, 1.165) is 36.3 Å².